The Hall–Kier alpha value is -4.44. The molecule has 0 atom stereocenters. The lowest BCUT2D eigenvalue weighted by Crippen LogP contribution is -2.61. The topological polar surface area (TPSA) is 19.6 Å². The number of hydrogen-bond donors (Lipinski definition) is 0. The van der Waals surface area contributed by atoms with Crippen molar-refractivity contribution in [2.45, 2.75) is 137 Å². The first kappa shape index (κ1) is 37.5. The maximum atomic E-state index is 7.55. The molecule has 284 valence electrons. The molecule has 1 aliphatic carbocycles. The fourth-order valence-corrected chi connectivity index (χ4v) is 9.41. The standard InChI is InChI=1S/C51H61BN2O/c1-16-32-29-34(48(6,7)8)19-23-38(32)54-41-28-31(2)27-40-43(41)52(46-44(54)42-45(55-46)51(14,15)26-25-50(42,12)13)37-30-35(49(9,10)11)20-24-39(37)53(40)36-21-17-33(18-22-36)47(3,4)5/h16-24,27-30H,1,25-26H2,2-15H3. The quantitative estimate of drug-likeness (QED) is 0.169. The van der Waals surface area contributed by atoms with Gasteiger partial charge in [-0.2, -0.15) is 0 Å². The van der Waals surface area contributed by atoms with Crippen molar-refractivity contribution in [1.82, 2.24) is 0 Å². The van der Waals surface area contributed by atoms with Gasteiger partial charge in [0.2, 0.25) is 0 Å². The van der Waals surface area contributed by atoms with Crippen molar-refractivity contribution in [1.29, 1.82) is 0 Å². The molecule has 3 aliphatic rings. The van der Waals surface area contributed by atoms with Crippen molar-refractivity contribution in [2.24, 2.45) is 0 Å². The monoisotopic (exact) mass is 728 g/mol. The third-order valence-corrected chi connectivity index (χ3v) is 12.9. The first-order valence-electron chi connectivity index (χ1n) is 20.5. The lowest BCUT2D eigenvalue weighted by atomic mass is 9.35. The second-order valence-electron chi connectivity index (χ2n) is 21.2. The largest absolute Gasteiger partial charge is 0.472 e. The molecular weight excluding hydrogens is 667 g/mol. The summed E-state index contributed by atoms with van der Waals surface area (Å²) < 4.78 is 7.55. The number of anilines is 6. The summed E-state index contributed by atoms with van der Waals surface area (Å²) in [6.45, 7) is 36.9. The highest BCUT2D eigenvalue weighted by atomic mass is 16.3. The zero-order valence-corrected chi connectivity index (χ0v) is 36.0. The first-order chi connectivity index (χ1) is 25.5. The van der Waals surface area contributed by atoms with Crippen molar-refractivity contribution in [3.63, 3.8) is 0 Å². The predicted octanol–water partition coefficient (Wildman–Crippen LogP) is 12.6. The summed E-state index contributed by atoms with van der Waals surface area (Å²) >= 11 is 0. The van der Waals surface area contributed by atoms with Gasteiger partial charge in [0.05, 0.1) is 17.0 Å². The van der Waals surface area contributed by atoms with E-state index < -0.39 is 0 Å². The number of furan rings is 1. The second kappa shape index (κ2) is 12.0. The van der Waals surface area contributed by atoms with Gasteiger partial charge < -0.3 is 14.2 Å². The molecule has 2 aliphatic heterocycles. The van der Waals surface area contributed by atoms with Gasteiger partial charge in [-0.15, -0.1) is 0 Å². The molecule has 8 rings (SSSR count). The Morgan fingerprint density at radius 3 is 1.75 bits per heavy atom. The summed E-state index contributed by atoms with van der Waals surface area (Å²) in [5.74, 6) is 1.14. The van der Waals surface area contributed by atoms with Crippen molar-refractivity contribution < 1.29 is 4.42 Å². The van der Waals surface area contributed by atoms with Gasteiger partial charge in [-0.1, -0.05) is 133 Å². The summed E-state index contributed by atoms with van der Waals surface area (Å²) in [7, 11) is 0. The van der Waals surface area contributed by atoms with Crippen LogP contribution in [0.5, 0.6) is 0 Å². The zero-order chi connectivity index (χ0) is 39.8. The van der Waals surface area contributed by atoms with Gasteiger partial charge in [-0.3, -0.25) is 0 Å². The summed E-state index contributed by atoms with van der Waals surface area (Å²) in [6.07, 6.45) is 4.24. The van der Waals surface area contributed by atoms with E-state index in [0.717, 1.165) is 35.5 Å². The van der Waals surface area contributed by atoms with E-state index in [4.69, 9.17) is 4.42 Å². The first-order valence-corrected chi connectivity index (χ1v) is 20.5. The molecular formula is C51H61BN2O. The normalized spacial score (nSPS) is 17.0. The molecule has 4 heteroatoms. The van der Waals surface area contributed by atoms with Crippen LogP contribution in [0.4, 0.5) is 34.1 Å². The average molecular weight is 729 g/mol. The number of aryl methyl sites for hydroxylation is 1. The lowest BCUT2D eigenvalue weighted by Gasteiger charge is -2.45. The molecule has 5 aromatic rings. The summed E-state index contributed by atoms with van der Waals surface area (Å²) in [4.78, 5) is 5.10. The third-order valence-electron chi connectivity index (χ3n) is 12.9. The Morgan fingerprint density at radius 2 is 1.16 bits per heavy atom. The van der Waals surface area contributed by atoms with Gasteiger partial charge in [0.1, 0.15) is 5.76 Å². The molecule has 0 N–H and O–H groups in total. The van der Waals surface area contributed by atoms with Gasteiger partial charge in [0.25, 0.3) is 6.71 Å². The molecule has 0 radical (unpaired) electrons. The molecule has 0 fully saturated rings. The lowest BCUT2D eigenvalue weighted by molar-refractivity contribution is 0.282. The number of benzene rings is 4. The van der Waals surface area contributed by atoms with Crippen LogP contribution in [0.25, 0.3) is 6.08 Å². The van der Waals surface area contributed by atoms with E-state index in [1.165, 1.54) is 67.2 Å². The molecule has 55 heavy (non-hydrogen) atoms. The van der Waals surface area contributed by atoms with E-state index in [1.807, 2.05) is 6.08 Å². The van der Waals surface area contributed by atoms with Crippen molar-refractivity contribution in [3.05, 3.63) is 119 Å². The van der Waals surface area contributed by atoms with Crippen LogP contribution in [0.15, 0.2) is 83.8 Å². The summed E-state index contributed by atoms with van der Waals surface area (Å²) in [6, 6.07) is 28.3. The van der Waals surface area contributed by atoms with Gasteiger partial charge in [0, 0.05) is 33.7 Å². The highest BCUT2D eigenvalue weighted by Gasteiger charge is 2.52. The van der Waals surface area contributed by atoms with Crippen LogP contribution in [0, 0.1) is 6.92 Å². The van der Waals surface area contributed by atoms with E-state index in [0.29, 0.717) is 0 Å². The van der Waals surface area contributed by atoms with Crippen LogP contribution in [0.2, 0.25) is 0 Å². The molecule has 0 saturated heterocycles. The minimum atomic E-state index is -0.0955. The fraction of sp³-hybridized carbons (Fsp3) is 0.412. The van der Waals surface area contributed by atoms with E-state index >= 15 is 0 Å². The smallest absolute Gasteiger partial charge is 0.297 e. The number of hydrogen-bond acceptors (Lipinski definition) is 3. The van der Waals surface area contributed by atoms with Crippen LogP contribution >= 0.6 is 0 Å². The van der Waals surface area contributed by atoms with Crippen LogP contribution in [0.1, 0.15) is 142 Å². The van der Waals surface area contributed by atoms with Crippen LogP contribution in [0.3, 0.4) is 0 Å². The van der Waals surface area contributed by atoms with Gasteiger partial charge >= 0.3 is 0 Å². The Balaban J connectivity index is 1.52. The Labute approximate surface area is 331 Å². The highest BCUT2D eigenvalue weighted by Crippen LogP contribution is 2.55. The molecule has 0 saturated carbocycles. The minimum Gasteiger partial charge on any atom is -0.472 e. The third kappa shape index (κ3) is 5.84. The van der Waals surface area contributed by atoms with Crippen LogP contribution in [-0.4, -0.2) is 6.71 Å². The van der Waals surface area contributed by atoms with E-state index in [1.54, 1.807) is 0 Å². The van der Waals surface area contributed by atoms with Crippen LogP contribution < -0.4 is 26.4 Å². The zero-order valence-electron chi connectivity index (χ0n) is 36.0. The summed E-state index contributed by atoms with van der Waals surface area (Å²) in [5.41, 5.74) is 18.5. The minimum absolute atomic E-state index is 0.00920. The van der Waals surface area contributed by atoms with Crippen molar-refractivity contribution in [2.75, 3.05) is 9.80 Å². The Bertz CT molecular complexity index is 2370. The molecule has 4 aromatic carbocycles. The van der Waals surface area contributed by atoms with Crippen molar-refractivity contribution >= 4 is 63.5 Å². The van der Waals surface area contributed by atoms with Gasteiger partial charge in [-0.05, 0) is 123 Å². The second-order valence-corrected chi connectivity index (χ2v) is 21.2. The number of fused-ring (bicyclic) bond motifs is 6. The predicted molar refractivity (Wildman–Crippen MR) is 239 cm³/mol. The highest BCUT2D eigenvalue weighted by molar-refractivity contribution is 6.99. The maximum absolute atomic E-state index is 7.55. The Kier molecular flexibility index (Phi) is 8.20. The Morgan fingerprint density at radius 1 is 0.636 bits per heavy atom. The average Bonchev–Trinajstić information content (AvgIpc) is 3.51. The van der Waals surface area contributed by atoms with E-state index in [2.05, 4.69) is 186 Å². The molecule has 0 bridgehead atoms. The summed E-state index contributed by atoms with van der Waals surface area (Å²) in [5, 5.41) is 0. The molecule has 0 amide bonds. The number of nitrogens with zero attached hydrogens (tertiary/aromatic N) is 2. The molecule has 0 spiro atoms. The maximum Gasteiger partial charge on any atom is 0.297 e. The van der Waals surface area contributed by atoms with E-state index in [-0.39, 0.29) is 33.8 Å². The van der Waals surface area contributed by atoms with E-state index in [9.17, 15) is 0 Å². The van der Waals surface area contributed by atoms with Crippen molar-refractivity contribution in [3.8, 4) is 0 Å². The van der Waals surface area contributed by atoms with Gasteiger partial charge in [-0.25, -0.2) is 0 Å². The molecule has 3 heterocycles. The van der Waals surface area contributed by atoms with Gasteiger partial charge in [0.15, 0.2) is 0 Å². The number of rotatable bonds is 3. The van der Waals surface area contributed by atoms with Crippen LogP contribution in [-0.2, 0) is 27.1 Å². The fourth-order valence-electron chi connectivity index (χ4n) is 9.41. The molecule has 3 nitrogen and oxygen atoms in total. The molecule has 0 unspecified atom stereocenters. The molecule has 1 aromatic heterocycles. The SMILES string of the molecule is C=Cc1cc(C(C)(C)C)ccc1N1c2cc(C)cc3c2B(c2cc(C(C)(C)C)ccc2N3c2ccc(C(C)(C)C)cc2)c2oc3c(c21)C(C)(C)CCC3(C)C.